The second-order valence-electron chi connectivity index (χ2n) is 6.24. The summed E-state index contributed by atoms with van der Waals surface area (Å²) >= 11 is 10.1. The predicted molar refractivity (Wildman–Crippen MR) is 121 cm³/mol. The van der Waals surface area contributed by atoms with E-state index in [1.807, 2.05) is 39.0 Å². The Hall–Kier alpha value is -1.32. The maximum Gasteiger partial charge on any atom is 0.411 e. The molecule has 0 bridgehead atoms. The van der Waals surface area contributed by atoms with Crippen molar-refractivity contribution < 1.29 is 14.3 Å². The molecule has 0 radical (unpaired) electrons. The Bertz CT molecular complexity index is 826. The lowest BCUT2D eigenvalue weighted by Crippen LogP contribution is -2.42. The molecule has 0 saturated carbocycles. The molecule has 156 valence electrons. The predicted octanol–water partition coefficient (Wildman–Crippen LogP) is 4.62. The summed E-state index contributed by atoms with van der Waals surface area (Å²) in [5.41, 5.74) is 0.870. The van der Waals surface area contributed by atoms with E-state index in [9.17, 15) is 9.59 Å². The lowest BCUT2D eigenvalue weighted by atomic mass is 10.3. The van der Waals surface area contributed by atoms with Crippen LogP contribution in [0.4, 0.5) is 4.79 Å². The Morgan fingerprint density at radius 3 is 2.50 bits per heavy atom. The minimum Gasteiger partial charge on any atom is -0.494 e. The molecule has 0 aliphatic carbocycles. The maximum atomic E-state index is 12.4. The summed E-state index contributed by atoms with van der Waals surface area (Å²) in [6, 6.07) is 5.64. The lowest BCUT2D eigenvalue weighted by Gasteiger charge is -2.31. The number of hydrogen-bond donors (Lipinski definition) is 2. The number of hydrogen-bond acceptors (Lipinski definition) is 7. The van der Waals surface area contributed by atoms with Crippen molar-refractivity contribution in [1.82, 2.24) is 9.47 Å². The van der Waals surface area contributed by atoms with Crippen LogP contribution in [0.1, 0.15) is 40.0 Å². The normalized spacial score (nSPS) is 13.3. The number of fused-ring (bicyclic) bond motifs is 1. The van der Waals surface area contributed by atoms with Gasteiger partial charge in [0.15, 0.2) is 0 Å². The number of carbonyl (C=O) groups is 1. The number of nitrogens with zero attached hydrogens (tertiary/aromatic N) is 2. The van der Waals surface area contributed by atoms with E-state index >= 15 is 0 Å². The fourth-order valence-electron chi connectivity index (χ4n) is 2.81. The minimum absolute atomic E-state index is 0.0283. The van der Waals surface area contributed by atoms with Crippen LogP contribution < -0.4 is 9.61 Å². The van der Waals surface area contributed by atoms with Gasteiger partial charge in [0.25, 0.3) is 0 Å². The van der Waals surface area contributed by atoms with Crippen molar-refractivity contribution in [3.63, 3.8) is 0 Å². The summed E-state index contributed by atoms with van der Waals surface area (Å²) < 4.78 is 13.5. The van der Waals surface area contributed by atoms with Crippen LogP contribution in [0.5, 0.6) is 5.75 Å². The van der Waals surface area contributed by atoms with Gasteiger partial charge in [-0.2, -0.15) is 25.3 Å². The highest BCUT2D eigenvalue weighted by Gasteiger charge is 2.26. The molecule has 2 aromatic rings. The zero-order chi connectivity index (χ0) is 20.7. The number of benzene rings is 1. The fraction of sp³-hybridized carbons (Fsp3) is 0.579. The summed E-state index contributed by atoms with van der Waals surface area (Å²) in [4.78, 5) is 26.2. The number of amides is 1. The van der Waals surface area contributed by atoms with Crippen LogP contribution in [0.25, 0.3) is 10.2 Å². The van der Waals surface area contributed by atoms with Gasteiger partial charge in [0.2, 0.25) is 0 Å². The fourth-order valence-corrected chi connectivity index (χ4v) is 4.37. The van der Waals surface area contributed by atoms with Crippen molar-refractivity contribution in [2.75, 3.05) is 13.2 Å². The zero-order valence-corrected chi connectivity index (χ0v) is 19.1. The number of thiazole rings is 1. The van der Waals surface area contributed by atoms with Crippen LogP contribution in [0.15, 0.2) is 23.0 Å². The summed E-state index contributed by atoms with van der Waals surface area (Å²) in [5, 5.41) is -0.476. The maximum absolute atomic E-state index is 12.4. The average Bonchev–Trinajstić information content (AvgIpc) is 2.99. The summed E-state index contributed by atoms with van der Waals surface area (Å²) in [5.74, 6) is 0.756. The van der Waals surface area contributed by atoms with Crippen LogP contribution in [0, 0.1) is 0 Å². The molecule has 0 fully saturated rings. The Labute approximate surface area is 180 Å². The van der Waals surface area contributed by atoms with E-state index in [0.29, 0.717) is 32.4 Å². The second kappa shape index (κ2) is 11.0. The third-order valence-electron chi connectivity index (χ3n) is 4.29. The Kier molecular flexibility index (Phi) is 9.04. The molecule has 0 saturated heterocycles. The summed E-state index contributed by atoms with van der Waals surface area (Å²) in [7, 11) is 0. The van der Waals surface area contributed by atoms with Crippen molar-refractivity contribution in [1.29, 1.82) is 0 Å². The van der Waals surface area contributed by atoms with E-state index in [2.05, 4.69) is 25.3 Å². The molecule has 0 aliphatic heterocycles. The number of aromatic nitrogens is 1. The van der Waals surface area contributed by atoms with Crippen LogP contribution >= 0.6 is 36.6 Å². The number of ether oxygens (including phenoxy) is 2. The van der Waals surface area contributed by atoms with Crippen LogP contribution in [-0.4, -0.2) is 39.5 Å². The molecular formula is C19H28N2O4S3. The number of aryl methyl sites for hydroxylation is 1. The topological polar surface area (TPSA) is 60.8 Å². The lowest BCUT2D eigenvalue weighted by molar-refractivity contribution is 0.0919. The quantitative estimate of drug-likeness (QED) is 0.319. The summed E-state index contributed by atoms with van der Waals surface area (Å²) in [6.45, 7) is 7.13. The van der Waals surface area contributed by atoms with E-state index in [0.717, 1.165) is 16.0 Å². The van der Waals surface area contributed by atoms with Gasteiger partial charge in [0.05, 0.1) is 34.2 Å². The molecule has 9 heteroatoms. The molecule has 1 aromatic carbocycles. The molecule has 1 heterocycles. The SMILES string of the molecule is CCOc1ccc2c(c1)sc(=O)n2CCCOC(=O)N(C(S)CC)C(S)CC. The van der Waals surface area contributed by atoms with Gasteiger partial charge in [-0.15, -0.1) is 0 Å². The molecule has 28 heavy (non-hydrogen) atoms. The van der Waals surface area contributed by atoms with Gasteiger partial charge in [-0.05, 0) is 44.4 Å². The highest BCUT2D eigenvalue weighted by molar-refractivity contribution is 7.81. The van der Waals surface area contributed by atoms with E-state index < -0.39 is 6.09 Å². The van der Waals surface area contributed by atoms with Crippen molar-refractivity contribution in [2.45, 2.75) is 57.3 Å². The number of thiol groups is 2. The molecule has 1 aromatic heterocycles. The van der Waals surface area contributed by atoms with E-state index in [1.165, 1.54) is 11.3 Å². The van der Waals surface area contributed by atoms with Gasteiger partial charge in [-0.3, -0.25) is 14.3 Å². The first-order valence-electron chi connectivity index (χ1n) is 9.50. The minimum atomic E-state index is -0.424. The summed E-state index contributed by atoms with van der Waals surface area (Å²) in [6.07, 6.45) is 1.53. The molecule has 0 aliphatic rings. The second-order valence-corrected chi connectivity index (χ2v) is 8.42. The van der Waals surface area contributed by atoms with Gasteiger partial charge in [0.1, 0.15) is 5.75 Å². The van der Waals surface area contributed by atoms with Crippen molar-refractivity contribution in [2.24, 2.45) is 0 Å². The zero-order valence-electron chi connectivity index (χ0n) is 16.5. The Morgan fingerprint density at radius 2 is 1.89 bits per heavy atom. The molecule has 6 nitrogen and oxygen atoms in total. The van der Waals surface area contributed by atoms with Crippen molar-refractivity contribution in [3.8, 4) is 5.75 Å². The van der Waals surface area contributed by atoms with Gasteiger partial charge in [-0.1, -0.05) is 25.2 Å². The molecule has 2 atom stereocenters. The van der Waals surface area contributed by atoms with Crippen LogP contribution in [0.2, 0.25) is 0 Å². The highest BCUT2D eigenvalue weighted by Crippen LogP contribution is 2.24. The first-order valence-corrected chi connectivity index (χ1v) is 11.3. The Balaban J connectivity index is 1.97. The van der Waals surface area contributed by atoms with Gasteiger partial charge >= 0.3 is 11.0 Å². The molecule has 2 rings (SSSR count). The number of rotatable bonds is 10. The van der Waals surface area contributed by atoms with Crippen LogP contribution in [-0.2, 0) is 11.3 Å². The Morgan fingerprint density at radius 1 is 1.21 bits per heavy atom. The molecular weight excluding hydrogens is 416 g/mol. The standard InChI is InChI=1S/C19H28N2O4S3/c1-4-16(26)21(17(27)5-2)18(22)25-11-7-10-20-14-9-8-13(24-6-3)12-15(14)28-19(20)23/h8-9,12,16-17,26-27H,4-7,10-11H2,1-3H3. The first-order chi connectivity index (χ1) is 13.4. The van der Waals surface area contributed by atoms with E-state index in [1.54, 1.807) is 9.47 Å². The number of carbonyl (C=O) groups excluding carboxylic acids is 1. The van der Waals surface area contributed by atoms with Crippen molar-refractivity contribution in [3.05, 3.63) is 27.9 Å². The molecule has 0 N–H and O–H groups in total. The first kappa shape index (κ1) is 23.0. The third kappa shape index (κ3) is 5.61. The van der Waals surface area contributed by atoms with E-state index in [4.69, 9.17) is 9.47 Å². The van der Waals surface area contributed by atoms with E-state index in [-0.39, 0.29) is 22.2 Å². The van der Waals surface area contributed by atoms with Crippen molar-refractivity contribution >= 4 is 52.9 Å². The molecule has 0 spiro atoms. The largest absolute Gasteiger partial charge is 0.494 e. The van der Waals surface area contributed by atoms with Crippen LogP contribution in [0.3, 0.4) is 0 Å². The smallest absolute Gasteiger partial charge is 0.411 e. The van der Waals surface area contributed by atoms with Gasteiger partial charge < -0.3 is 9.47 Å². The van der Waals surface area contributed by atoms with Gasteiger partial charge in [-0.25, -0.2) is 4.79 Å². The molecule has 2 unspecified atom stereocenters. The monoisotopic (exact) mass is 444 g/mol. The van der Waals surface area contributed by atoms with Gasteiger partial charge in [0, 0.05) is 6.54 Å². The average molecular weight is 445 g/mol. The molecule has 1 amide bonds. The highest BCUT2D eigenvalue weighted by atomic mass is 32.1. The third-order valence-corrected chi connectivity index (χ3v) is 6.46.